The monoisotopic (exact) mass is 208 g/mol. The number of carbonyl (C=O) groups is 1. The molecule has 1 rings (SSSR count). The number of hydrogen-bond donors (Lipinski definition) is 0. The second-order valence-electron chi connectivity index (χ2n) is 5.37. The predicted octanol–water partition coefficient (Wildman–Crippen LogP) is 3.98. The highest BCUT2D eigenvalue weighted by atomic mass is 16.1. The molecule has 0 fully saturated rings. The first-order chi connectivity index (χ1) is 7.13. The average molecular weight is 208 g/mol. The van der Waals surface area contributed by atoms with E-state index >= 15 is 0 Å². The van der Waals surface area contributed by atoms with Crippen molar-refractivity contribution in [1.29, 1.82) is 0 Å². The van der Waals surface area contributed by atoms with Gasteiger partial charge in [0.05, 0.1) is 0 Å². The summed E-state index contributed by atoms with van der Waals surface area (Å²) in [5.74, 6) is 2.09. The first-order valence-corrected chi connectivity index (χ1v) is 6.25. The summed E-state index contributed by atoms with van der Waals surface area (Å²) in [6.07, 6.45) is 9.22. The Bertz CT molecular complexity index is 227. The van der Waals surface area contributed by atoms with Gasteiger partial charge in [-0.1, -0.05) is 32.4 Å². The lowest BCUT2D eigenvalue weighted by molar-refractivity contribution is -0.108. The number of aldehydes is 1. The topological polar surface area (TPSA) is 17.1 Å². The fourth-order valence-electron chi connectivity index (χ4n) is 2.48. The second kappa shape index (κ2) is 6.09. The van der Waals surface area contributed by atoms with Crippen molar-refractivity contribution < 1.29 is 4.79 Å². The van der Waals surface area contributed by atoms with Crippen LogP contribution >= 0.6 is 0 Å². The summed E-state index contributed by atoms with van der Waals surface area (Å²) in [5.41, 5.74) is 1.64. The van der Waals surface area contributed by atoms with Crippen LogP contribution in [0.1, 0.15) is 52.9 Å². The van der Waals surface area contributed by atoms with Crippen LogP contribution in [0.4, 0.5) is 0 Å². The average Bonchev–Trinajstić information content (AvgIpc) is 2.18. The Morgan fingerprint density at radius 3 is 2.67 bits per heavy atom. The second-order valence-corrected chi connectivity index (χ2v) is 5.37. The molecule has 0 amide bonds. The van der Waals surface area contributed by atoms with Gasteiger partial charge in [0, 0.05) is 6.42 Å². The molecule has 0 aromatic carbocycles. The number of carbonyl (C=O) groups excluding carboxylic acids is 1. The van der Waals surface area contributed by atoms with E-state index in [0.717, 1.165) is 24.5 Å². The van der Waals surface area contributed by atoms with Gasteiger partial charge in [-0.25, -0.2) is 0 Å². The Kier molecular flexibility index (Phi) is 5.07. The van der Waals surface area contributed by atoms with Gasteiger partial charge in [0.1, 0.15) is 6.29 Å². The van der Waals surface area contributed by atoms with Crippen molar-refractivity contribution in [2.24, 2.45) is 17.8 Å². The van der Waals surface area contributed by atoms with Crippen molar-refractivity contribution >= 4 is 6.29 Å². The molecule has 15 heavy (non-hydrogen) atoms. The van der Waals surface area contributed by atoms with Crippen LogP contribution < -0.4 is 0 Å². The third kappa shape index (κ3) is 4.19. The van der Waals surface area contributed by atoms with E-state index in [2.05, 4.69) is 26.8 Å². The van der Waals surface area contributed by atoms with Crippen LogP contribution in [0.15, 0.2) is 11.6 Å². The van der Waals surface area contributed by atoms with E-state index in [1.807, 2.05) is 0 Å². The standard InChI is InChI=1S/C14H24O/c1-11(2)10-13-4-6-14(7-5-13)12(3)8-9-15/h4,9,11-12,14H,5-8,10H2,1-3H3. The van der Waals surface area contributed by atoms with E-state index in [9.17, 15) is 4.79 Å². The van der Waals surface area contributed by atoms with Crippen LogP contribution in [-0.4, -0.2) is 6.29 Å². The molecule has 0 aromatic rings. The molecule has 0 saturated carbocycles. The smallest absolute Gasteiger partial charge is 0.120 e. The quantitative estimate of drug-likeness (QED) is 0.493. The first-order valence-electron chi connectivity index (χ1n) is 6.25. The van der Waals surface area contributed by atoms with Crippen molar-refractivity contribution in [3.05, 3.63) is 11.6 Å². The summed E-state index contributed by atoms with van der Waals surface area (Å²) >= 11 is 0. The molecule has 0 saturated heterocycles. The van der Waals surface area contributed by atoms with E-state index in [1.54, 1.807) is 5.57 Å². The Balaban J connectivity index is 2.39. The zero-order valence-corrected chi connectivity index (χ0v) is 10.3. The minimum absolute atomic E-state index is 0.569. The molecule has 2 unspecified atom stereocenters. The highest BCUT2D eigenvalue weighted by molar-refractivity contribution is 5.49. The van der Waals surface area contributed by atoms with E-state index in [1.165, 1.54) is 25.7 Å². The van der Waals surface area contributed by atoms with E-state index < -0.39 is 0 Å². The van der Waals surface area contributed by atoms with Gasteiger partial charge in [-0.3, -0.25) is 0 Å². The molecule has 86 valence electrons. The Labute approximate surface area is 93.9 Å². The fourth-order valence-corrected chi connectivity index (χ4v) is 2.48. The van der Waals surface area contributed by atoms with Crippen LogP contribution in [0.2, 0.25) is 0 Å². The minimum atomic E-state index is 0.569. The van der Waals surface area contributed by atoms with Gasteiger partial charge in [-0.2, -0.15) is 0 Å². The van der Waals surface area contributed by atoms with Crippen molar-refractivity contribution in [3.8, 4) is 0 Å². The lowest BCUT2D eigenvalue weighted by Gasteiger charge is -2.26. The third-order valence-electron chi connectivity index (χ3n) is 3.49. The zero-order chi connectivity index (χ0) is 11.3. The molecule has 0 heterocycles. The van der Waals surface area contributed by atoms with Crippen LogP contribution in [0.25, 0.3) is 0 Å². The molecule has 1 heteroatoms. The fraction of sp³-hybridized carbons (Fsp3) is 0.786. The molecule has 0 radical (unpaired) electrons. The summed E-state index contributed by atoms with van der Waals surface area (Å²) in [4.78, 5) is 10.5. The van der Waals surface area contributed by atoms with Crippen molar-refractivity contribution in [3.63, 3.8) is 0 Å². The summed E-state index contributed by atoms with van der Waals surface area (Å²) in [7, 11) is 0. The lowest BCUT2D eigenvalue weighted by Crippen LogP contribution is -2.15. The number of rotatable bonds is 5. The van der Waals surface area contributed by atoms with E-state index in [0.29, 0.717) is 5.92 Å². The summed E-state index contributed by atoms with van der Waals surface area (Å²) in [5, 5.41) is 0. The number of allylic oxidation sites excluding steroid dienone is 2. The van der Waals surface area contributed by atoms with Gasteiger partial charge in [0.15, 0.2) is 0 Å². The summed E-state index contributed by atoms with van der Waals surface area (Å²) < 4.78 is 0. The predicted molar refractivity (Wildman–Crippen MR) is 64.7 cm³/mol. The molecular formula is C14H24O. The molecule has 2 atom stereocenters. The molecule has 0 aromatic heterocycles. The summed E-state index contributed by atoms with van der Waals surface area (Å²) in [6, 6.07) is 0. The van der Waals surface area contributed by atoms with Gasteiger partial charge in [0.25, 0.3) is 0 Å². The molecule has 1 aliphatic carbocycles. The van der Waals surface area contributed by atoms with Gasteiger partial charge in [0.2, 0.25) is 0 Å². The van der Waals surface area contributed by atoms with Gasteiger partial charge in [-0.05, 0) is 43.4 Å². The van der Waals surface area contributed by atoms with Crippen molar-refractivity contribution in [2.75, 3.05) is 0 Å². The van der Waals surface area contributed by atoms with Crippen LogP contribution in [0, 0.1) is 17.8 Å². The minimum Gasteiger partial charge on any atom is -0.303 e. The van der Waals surface area contributed by atoms with Gasteiger partial charge in [-0.15, -0.1) is 0 Å². The third-order valence-corrected chi connectivity index (χ3v) is 3.49. The van der Waals surface area contributed by atoms with Crippen molar-refractivity contribution in [1.82, 2.24) is 0 Å². The Morgan fingerprint density at radius 2 is 2.20 bits per heavy atom. The summed E-state index contributed by atoms with van der Waals surface area (Å²) in [6.45, 7) is 6.77. The van der Waals surface area contributed by atoms with Crippen LogP contribution in [0.5, 0.6) is 0 Å². The SMILES string of the molecule is CC(C)CC1=CCC(C(C)CC=O)CC1. The largest absolute Gasteiger partial charge is 0.303 e. The van der Waals surface area contributed by atoms with Gasteiger partial charge < -0.3 is 4.79 Å². The maximum absolute atomic E-state index is 10.5. The highest BCUT2D eigenvalue weighted by Crippen LogP contribution is 2.32. The molecular weight excluding hydrogens is 184 g/mol. The molecule has 1 nitrogen and oxygen atoms in total. The number of hydrogen-bond acceptors (Lipinski definition) is 1. The van der Waals surface area contributed by atoms with Crippen molar-refractivity contribution in [2.45, 2.75) is 52.9 Å². The normalized spacial score (nSPS) is 23.7. The maximum atomic E-state index is 10.5. The Hall–Kier alpha value is -0.590. The first kappa shape index (κ1) is 12.5. The zero-order valence-electron chi connectivity index (χ0n) is 10.3. The lowest BCUT2D eigenvalue weighted by atomic mass is 9.79. The van der Waals surface area contributed by atoms with Crippen LogP contribution in [-0.2, 0) is 4.79 Å². The Morgan fingerprint density at radius 1 is 1.47 bits per heavy atom. The molecule has 0 N–H and O–H groups in total. The van der Waals surface area contributed by atoms with E-state index in [-0.39, 0.29) is 0 Å². The molecule has 0 spiro atoms. The van der Waals surface area contributed by atoms with Gasteiger partial charge >= 0.3 is 0 Å². The molecule has 0 bridgehead atoms. The van der Waals surface area contributed by atoms with E-state index in [4.69, 9.17) is 0 Å². The highest BCUT2D eigenvalue weighted by Gasteiger charge is 2.20. The maximum Gasteiger partial charge on any atom is 0.120 e. The molecule has 0 aliphatic heterocycles. The molecule has 1 aliphatic rings. The van der Waals surface area contributed by atoms with Crippen LogP contribution in [0.3, 0.4) is 0 Å².